The van der Waals surface area contributed by atoms with Crippen LogP contribution in [-0.2, 0) is 30.8 Å². The highest BCUT2D eigenvalue weighted by atomic mass is 32.1. The van der Waals surface area contributed by atoms with E-state index in [1.807, 2.05) is 31.2 Å². The van der Waals surface area contributed by atoms with Gasteiger partial charge in [-0.1, -0.05) is 48.5 Å². The Hall–Kier alpha value is -3.36. The highest BCUT2D eigenvalue weighted by molar-refractivity contribution is 7.15. The first-order chi connectivity index (χ1) is 15.6. The summed E-state index contributed by atoms with van der Waals surface area (Å²) in [7, 11) is 0. The fourth-order valence-corrected chi connectivity index (χ4v) is 5.15. The summed E-state index contributed by atoms with van der Waals surface area (Å²) in [4.78, 5) is 33.5. The number of carbonyl (C=O) groups is 1. The zero-order valence-corrected chi connectivity index (χ0v) is 18.6. The summed E-state index contributed by atoms with van der Waals surface area (Å²) in [6.07, 6.45) is 0.861. The third-order valence-corrected chi connectivity index (χ3v) is 6.65. The van der Waals surface area contributed by atoms with Gasteiger partial charge in [0.1, 0.15) is 6.54 Å². The molecule has 0 fully saturated rings. The Bertz CT molecular complexity index is 1350. The van der Waals surface area contributed by atoms with Crippen molar-refractivity contribution in [3.05, 3.63) is 86.8 Å². The molecule has 1 aliphatic rings. The van der Waals surface area contributed by atoms with Crippen molar-refractivity contribution < 1.29 is 4.79 Å². The lowest BCUT2D eigenvalue weighted by Gasteiger charge is -2.25. The quantitative estimate of drug-likeness (QED) is 0.510. The first-order valence-electron chi connectivity index (χ1n) is 10.6. The largest absolute Gasteiger partial charge is 0.300 e. The Morgan fingerprint density at radius 2 is 1.84 bits per heavy atom. The second kappa shape index (κ2) is 8.64. The number of aryl methyl sites for hydroxylation is 1. The molecule has 0 bridgehead atoms. The summed E-state index contributed by atoms with van der Waals surface area (Å²) in [6, 6.07) is 17.7. The maximum Gasteiger partial charge on any atom is 0.275 e. The zero-order valence-electron chi connectivity index (χ0n) is 17.7. The van der Waals surface area contributed by atoms with E-state index >= 15 is 0 Å². The Morgan fingerprint density at radius 3 is 2.66 bits per heavy atom. The Morgan fingerprint density at radius 1 is 1.09 bits per heavy atom. The lowest BCUT2D eigenvalue weighted by Crippen LogP contribution is -2.30. The number of nitrogens with one attached hydrogen (secondary N) is 1. The van der Waals surface area contributed by atoms with E-state index in [0.29, 0.717) is 10.5 Å². The van der Waals surface area contributed by atoms with Crippen molar-refractivity contribution in [3.63, 3.8) is 0 Å². The van der Waals surface area contributed by atoms with Gasteiger partial charge in [0.15, 0.2) is 5.13 Å². The molecule has 3 heterocycles. The van der Waals surface area contributed by atoms with Gasteiger partial charge in [-0.3, -0.25) is 14.5 Å². The summed E-state index contributed by atoms with van der Waals surface area (Å²) in [5, 5.41) is 9.12. The van der Waals surface area contributed by atoms with Crippen LogP contribution in [0, 0.1) is 6.92 Å². The van der Waals surface area contributed by atoms with Crippen LogP contribution in [0.3, 0.4) is 0 Å². The molecule has 0 spiro atoms. The third kappa shape index (κ3) is 4.19. The van der Waals surface area contributed by atoms with Gasteiger partial charge in [0, 0.05) is 36.3 Å². The number of carbonyl (C=O) groups excluding carboxylic acids is 1. The van der Waals surface area contributed by atoms with Crippen molar-refractivity contribution in [1.29, 1.82) is 0 Å². The first-order valence-corrected chi connectivity index (χ1v) is 11.4. The first kappa shape index (κ1) is 20.5. The molecule has 32 heavy (non-hydrogen) atoms. The van der Waals surface area contributed by atoms with E-state index in [4.69, 9.17) is 0 Å². The maximum atomic E-state index is 12.7. The fraction of sp³-hybridized carbons (Fsp3) is 0.250. The van der Waals surface area contributed by atoms with Gasteiger partial charge < -0.3 is 5.32 Å². The molecular weight excluding hydrogens is 422 g/mol. The number of anilines is 1. The highest BCUT2D eigenvalue weighted by Gasteiger charge is 2.22. The van der Waals surface area contributed by atoms with Crippen LogP contribution in [0.5, 0.6) is 0 Å². The molecule has 0 aliphatic carbocycles. The number of rotatable bonds is 5. The van der Waals surface area contributed by atoms with E-state index < -0.39 is 0 Å². The van der Waals surface area contributed by atoms with Gasteiger partial charge in [0.05, 0.1) is 16.8 Å². The van der Waals surface area contributed by atoms with Crippen LogP contribution < -0.4 is 10.9 Å². The molecule has 1 aliphatic heterocycles. The molecule has 4 aromatic rings. The molecule has 8 heteroatoms. The normalized spacial score (nSPS) is 13.8. The molecule has 1 amide bonds. The van der Waals surface area contributed by atoms with E-state index in [-0.39, 0.29) is 18.0 Å². The van der Waals surface area contributed by atoms with Crippen LogP contribution in [0.4, 0.5) is 5.13 Å². The molecular formula is C24H23N5O2S. The number of hydrogen-bond donors (Lipinski definition) is 1. The SMILES string of the molecule is Cc1nn(CC(=O)Nc2nc3c(s2)CN(Cc2ccccc2)CC3)c(=O)c2ccccc12. The smallest absolute Gasteiger partial charge is 0.275 e. The number of benzene rings is 2. The molecule has 2 aromatic heterocycles. The summed E-state index contributed by atoms with van der Waals surface area (Å²) in [5.41, 5.74) is 2.79. The second-order valence-electron chi connectivity index (χ2n) is 7.98. The molecule has 0 saturated heterocycles. The number of nitrogens with zero attached hydrogens (tertiary/aromatic N) is 4. The van der Waals surface area contributed by atoms with Gasteiger partial charge >= 0.3 is 0 Å². The number of thiazole rings is 1. The average molecular weight is 446 g/mol. The summed E-state index contributed by atoms with van der Waals surface area (Å²) in [6.45, 7) is 4.36. The van der Waals surface area contributed by atoms with Gasteiger partial charge in [-0.2, -0.15) is 5.10 Å². The molecule has 5 rings (SSSR count). The minimum atomic E-state index is -0.304. The molecule has 0 unspecified atom stereocenters. The summed E-state index contributed by atoms with van der Waals surface area (Å²) in [5.74, 6) is -0.304. The van der Waals surface area contributed by atoms with Crippen LogP contribution in [0.25, 0.3) is 10.8 Å². The van der Waals surface area contributed by atoms with Gasteiger partial charge in [-0.15, -0.1) is 11.3 Å². The number of fused-ring (bicyclic) bond motifs is 2. The van der Waals surface area contributed by atoms with Crippen molar-refractivity contribution in [2.24, 2.45) is 0 Å². The number of aromatic nitrogens is 3. The lowest BCUT2D eigenvalue weighted by atomic mass is 10.1. The van der Waals surface area contributed by atoms with E-state index in [0.717, 1.165) is 42.8 Å². The Balaban J connectivity index is 1.27. The number of hydrogen-bond acceptors (Lipinski definition) is 6. The molecule has 1 N–H and O–H groups in total. The lowest BCUT2D eigenvalue weighted by molar-refractivity contribution is -0.117. The van der Waals surface area contributed by atoms with Crippen molar-refractivity contribution in [2.75, 3.05) is 11.9 Å². The van der Waals surface area contributed by atoms with Crippen molar-refractivity contribution in [3.8, 4) is 0 Å². The molecule has 162 valence electrons. The maximum absolute atomic E-state index is 12.7. The standard InChI is InChI=1S/C24H23N5O2S/c1-16-18-9-5-6-10-19(18)23(31)29(27-16)15-22(30)26-24-25-20-11-12-28(14-21(20)32-24)13-17-7-3-2-4-8-17/h2-10H,11-15H2,1H3,(H,25,26,30). The van der Waals surface area contributed by atoms with Crippen LogP contribution in [0.2, 0.25) is 0 Å². The Kier molecular flexibility index (Phi) is 5.55. The minimum absolute atomic E-state index is 0.144. The highest BCUT2D eigenvalue weighted by Crippen LogP contribution is 2.29. The molecule has 0 atom stereocenters. The van der Waals surface area contributed by atoms with Crippen molar-refractivity contribution in [2.45, 2.75) is 33.0 Å². The minimum Gasteiger partial charge on any atom is -0.300 e. The summed E-state index contributed by atoms with van der Waals surface area (Å²) < 4.78 is 1.22. The number of amides is 1. The molecule has 0 saturated carbocycles. The monoisotopic (exact) mass is 445 g/mol. The van der Waals surface area contributed by atoms with Crippen LogP contribution in [-0.4, -0.2) is 32.1 Å². The Labute approximate surface area is 189 Å². The van der Waals surface area contributed by atoms with Crippen LogP contribution >= 0.6 is 11.3 Å². The predicted molar refractivity (Wildman–Crippen MR) is 126 cm³/mol. The molecule has 0 radical (unpaired) electrons. The topological polar surface area (TPSA) is 80.1 Å². The van der Waals surface area contributed by atoms with E-state index in [1.165, 1.54) is 26.5 Å². The van der Waals surface area contributed by atoms with Crippen molar-refractivity contribution >= 4 is 33.1 Å². The predicted octanol–water partition coefficient (Wildman–Crippen LogP) is 3.36. The van der Waals surface area contributed by atoms with Gasteiger partial charge in [0.25, 0.3) is 5.56 Å². The fourth-order valence-electron chi connectivity index (χ4n) is 4.08. The van der Waals surface area contributed by atoms with E-state index in [1.54, 1.807) is 6.07 Å². The van der Waals surface area contributed by atoms with E-state index in [2.05, 4.69) is 44.6 Å². The van der Waals surface area contributed by atoms with E-state index in [9.17, 15) is 9.59 Å². The van der Waals surface area contributed by atoms with Gasteiger partial charge in [-0.05, 0) is 18.6 Å². The van der Waals surface area contributed by atoms with Crippen LogP contribution in [0.1, 0.15) is 21.8 Å². The second-order valence-corrected chi connectivity index (χ2v) is 9.06. The third-order valence-electron chi connectivity index (χ3n) is 5.65. The molecule has 7 nitrogen and oxygen atoms in total. The van der Waals surface area contributed by atoms with Crippen molar-refractivity contribution in [1.82, 2.24) is 19.7 Å². The van der Waals surface area contributed by atoms with Crippen LogP contribution in [0.15, 0.2) is 59.4 Å². The summed E-state index contributed by atoms with van der Waals surface area (Å²) >= 11 is 1.51. The van der Waals surface area contributed by atoms with Gasteiger partial charge in [-0.25, -0.2) is 9.67 Å². The van der Waals surface area contributed by atoms with Gasteiger partial charge in [0.2, 0.25) is 5.91 Å². The zero-order chi connectivity index (χ0) is 22.1. The molecule has 2 aromatic carbocycles. The average Bonchev–Trinajstić information content (AvgIpc) is 3.19.